The van der Waals surface area contributed by atoms with Gasteiger partial charge in [0.05, 0.1) is 20.1 Å². The van der Waals surface area contributed by atoms with Gasteiger partial charge in [-0.3, -0.25) is 9.59 Å². The molecule has 156 valence electrons. The lowest BCUT2D eigenvalue weighted by Crippen LogP contribution is -2.27. The molecule has 8 heteroatoms. The Bertz CT molecular complexity index is 1200. The zero-order valence-electron chi connectivity index (χ0n) is 15.8. The summed E-state index contributed by atoms with van der Waals surface area (Å²) in [6, 6.07) is 20.4. The number of hydrogen-bond acceptors (Lipinski definition) is 4. The molecule has 1 aliphatic heterocycles. The highest BCUT2D eigenvalue weighted by Crippen LogP contribution is 2.39. The number of carbonyl (C=O) groups is 2. The molecule has 0 saturated carbocycles. The topological polar surface area (TPSA) is 46.6 Å². The van der Waals surface area contributed by atoms with Crippen molar-refractivity contribution in [1.29, 1.82) is 0 Å². The number of anilines is 1. The van der Waals surface area contributed by atoms with Gasteiger partial charge in [-0.15, -0.1) is 0 Å². The summed E-state index contributed by atoms with van der Waals surface area (Å²) in [6.45, 7) is 0.450. The minimum atomic E-state index is -0.391. The molecule has 0 spiro atoms. The normalized spacial score (nSPS) is 15.1. The number of halogens is 3. The number of ether oxygens (including phenoxy) is 1. The molecule has 0 radical (unpaired) electrons. The van der Waals surface area contributed by atoms with Crippen molar-refractivity contribution in [3.8, 4) is 5.75 Å². The molecular formula is C23H14BrClINO3S. The van der Waals surface area contributed by atoms with E-state index < -0.39 is 5.91 Å². The van der Waals surface area contributed by atoms with E-state index in [4.69, 9.17) is 16.3 Å². The van der Waals surface area contributed by atoms with E-state index in [1.54, 1.807) is 30.3 Å². The molecule has 0 bridgehead atoms. The van der Waals surface area contributed by atoms with Crippen LogP contribution >= 0.6 is 61.9 Å². The van der Waals surface area contributed by atoms with Gasteiger partial charge in [0.15, 0.2) is 0 Å². The highest BCUT2D eigenvalue weighted by molar-refractivity contribution is 14.1. The molecule has 3 aromatic carbocycles. The lowest BCUT2D eigenvalue weighted by Gasteiger charge is -2.13. The van der Waals surface area contributed by atoms with Crippen molar-refractivity contribution >= 4 is 84.8 Å². The van der Waals surface area contributed by atoms with Gasteiger partial charge >= 0.3 is 0 Å². The van der Waals surface area contributed by atoms with Crippen LogP contribution in [0.3, 0.4) is 0 Å². The second kappa shape index (κ2) is 9.77. The predicted octanol–water partition coefficient (Wildman–Crippen LogP) is 7.53. The number of nitrogens with zero attached hydrogens (tertiary/aromatic N) is 1. The molecule has 0 unspecified atom stereocenters. The number of para-hydroxylation sites is 1. The average Bonchev–Trinajstić information content (AvgIpc) is 3.02. The molecule has 4 nitrogen and oxygen atoms in total. The van der Waals surface area contributed by atoms with Crippen LogP contribution in [0.5, 0.6) is 5.75 Å². The minimum Gasteiger partial charge on any atom is -0.488 e. The molecule has 1 saturated heterocycles. The quantitative estimate of drug-likeness (QED) is 0.217. The summed E-state index contributed by atoms with van der Waals surface area (Å²) in [7, 11) is 0. The number of benzene rings is 3. The smallest absolute Gasteiger partial charge is 0.298 e. The van der Waals surface area contributed by atoms with Gasteiger partial charge in [-0.05, 0) is 104 Å². The molecule has 0 N–H and O–H groups in total. The molecule has 4 rings (SSSR count). The number of amides is 2. The molecule has 2 amide bonds. The SMILES string of the molecule is O=C1S/C(=C\c2ccc(OCc3ccc(I)cc3)c(Br)c2)C(=O)N1c1ccccc1Cl. The van der Waals surface area contributed by atoms with Gasteiger partial charge in [0.1, 0.15) is 12.4 Å². The van der Waals surface area contributed by atoms with E-state index in [0.717, 1.165) is 32.3 Å². The molecule has 0 aliphatic carbocycles. The maximum atomic E-state index is 12.8. The summed E-state index contributed by atoms with van der Waals surface area (Å²) >= 11 is 12.8. The number of thioether (sulfide) groups is 1. The van der Waals surface area contributed by atoms with Crippen LogP contribution in [0, 0.1) is 3.57 Å². The van der Waals surface area contributed by atoms with E-state index in [2.05, 4.69) is 38.5 Å². The molecule has 1 aliphatic rings. The standard InChI is InChI=1S/C23H14BrClINO3S/c24-17-11-15(7-10-20(17)30-13-14-5-8-16(26)9-6-14)12-21-22(28)27(23(29)31-21)19-4-2-1-3-18(19)25/h1-12H,13H2/b21-12-. The first-order valence-electron chi connectivity index (χ1n) is 9.11. The third kappa shape index (κ3) is 5.16. The fourth-order valence-corrected chi connectivity index (χ4v) is 4.85. The summed E-state index contributed by atoms with van der Waals surface area (Å²) in [5.74, 6) is 0.304. The Morgan fingerprint density at radius 1 is 1.06 bits per heavy atom. The van der Waals surface area contributed by atoms with Crippen molar-refractivity contribution in [3.05, 3.63) is 95.8 Å². The number of carbonyl (C=O) groups excluding carboxylic acids is 2. The van der Waals surface area contributed by atoms with Crippen LogP contribution < -0.4 is 9.64 Å². The van der Waals surface area contributed by atoms with Gasteiger partial charge < -0.3 is 4.74 Å². The average molecular weight is 627 g/mol. The molecule has 3 aromatic rings. The van der Waals surface area contributed by atoms with Crippen molar-refractivity contribution in [1.82, 2.24) is 0 Å². The lowest BCUT2D eigenvalue weighted by molar-refractivity contribution is -0.113. The van der Waals surface area contributed by atoms with Crippen molar-refractivity contribution in [3.63, 3.8) is 0 Å². The van der Waals surface area contributed by atoms with Crippen LogP contribution in [0.15, 0.2) is 76.1 Å². The molecule has 0 atom stereocenters. The van der Waals surface area contributed by atoms with Crippen LogP contribution in [0.2, 0.25) is 5.02 Å². The number of hydrogen-bond donors (Lipinski definition) is 0. The Labute approximate surface area is 210 Å². The van der Waals surface area contributed by atoms with E-state index in [0.29, 0.717) is 28.0 Å². The summed E-state index contributed by atoms with van der Waals surface area (Å²) in [4.78, 5) is 26.7. The minimum absolute atomic E-state index is 0.337. The molecule has 0 aromatic heterocycles. The van der Waals surface area contributed by atoms with Gasteiger partial charge in [0.2, 0.25) is 0 Å². The third-order valence-corrected chi connectivity index (χ3v) is 6.98. The van der Waals surface area contributed by atoms with E-state index in [1.807, 2.05) is 42.5 Å². The van der Waals surface area contributed by atoms with Gasteiger partial charge in [-0.1, -0.05) is 41.9 Å². The van der Waals surface area contributed by atoms with Crippen LogP contribution in [-0.4, -0.2) is 11.1 Å². The first kappa shape index (κ1) is 22.4. The van der Waals surface area contributed by atoms with E-state index in [1.165, 1.54) is 3.57 Å². The van der Waals surface area contributed by atoms with Crippen molar-refractivity contribution in [2.24, 2.45) is 0 Å². The van der Waals surface area contributed by atoms with Crippen molar-refractivity contribution in [2.45, 2.75) is 6.61 Å². The Balaban J connectivity index is 1.50. The Kier molecular flexibility index (Phi) is 7.05. The first-order chi connectivity index (χ1) is 14.9. The summed E-state index contributed by atoms with van der Waals surface area (Å²) in [5.41, 5.74) is 2.23. The second-order valence-corrected chi connectivity index (χ2v) is 10.1. The molecule has 1 heterocycles. The maximum absolute atomic E-state index is 12.8. The number of imide groups is 1. The van der Waals surface area contributed by atoms with Gasteiger partial charge in [-0.2, -0.15) is 0 Å². The summed E-state index contributed by atoms with van der Waals surface area (Å²) in [6.07, 6.45) is 1.69. The Morgan fingerprint density at radius 3 is 2.52 bits per heavy atom. The van der Waals surface area contributed by atoms with Crippen LogP contribution in [0.4, 0.5) is 10.5 Å². The Hall–Kier alpha value is -1.81. The first-order valence-corrected chi connectivity index (χ1v) is 12.2. The molecule has 31 heavy (non-hydrogen) atoms. The second-order valence-electron chi connectivity index (χ2n) is 6.57. The van der Waals surface area contributed by atoms with E-state index in [9.17, 15) is 9.59 Å². The fourth-order valence-electron chi connectivity index (χ4n) is 2.93. The van der Waals surface area contributed by atoms with Gasteiger partial charge in [0.25, 0.3) is 11.1 Å². The largest absolute Gasteiger partial charge is 0.488 e. The zero-order valence-corrected chi connectivity index (χ0v) is 21.2. The van der Waals surface area contributed by atoms with Crippen LogP contribution in [0.25, 0.3) is 6.08 Å². The van der Waals surface area contributed by atoms with Gasteiger partial charge in [-0.25, -0.2) is 4.90 Å². The van der Waals surface area contributed by atoms with Crippen molar-refractivity contribution in [2.75, 3.05) is 4.90 Å². The molecule has 1 fully saturated rings. The predicted molar refractivity (Wildman–Crippen MR) is 138 cm³/mol. The van der Waals surface area contributed by atoms with Crippen LogP contribution in [-0.2, 0) is 11.4 Å². The van der Waals surface area contributed by atoms with E-state index >= 15 is 0 Å². The fraction of sp³-hybridized carbons (Fsp3) is 0.0435. The van der Waals surface area contributed by atoms with E-state index in [-0.39, 0.29) is 5.24 Å². The number of rotatable bonds is 5. The highest BCUT2D eigenvalue weighted by Gasteiger charge is 2.37. The van der Waals surface area contributed by atoms with Crippen molar-refractivity contribution < 1.29 is 14.3 Å². The highest BCUT2D eigenvalue weighted by atomic mass is 127. The lowest BCUT2D eigenvalue weighted by atomic mass is 10.2. The summed E-state index contributed by atoms with van der Waals surface area (Å²) in [5, 5.41) is -0.0238. The third-order valence-electron chi connectivity index (χ3n) is 4.45. The zero-order chi connectivity index (χ0) is 22.0. The summed E-state index contributed by atoms with van der Waals surface area (Å²) < 4.78 is 7.83. The monoisotopic (exact) mass is 625 g/mol. The molecular weight excluding hydrogens is 613 g/mol. The van der Waals surface area contributed by atoms with Crippen LogP contribution in [0.1, 0.15) is 11.1 Å². The van der Waals surface area contributed by atoms with Gasteiger partial charge in [0, 0.05) is 3.57 Å². The maximum Gasteiger partial charge on any atom is 0.298 e. The Morgan fingerprint density at radius 2 is 1.81 bits per heavy atom.